The van der Waals surface area contributed by atoms with Crippen LogP contribution in [0, 0.1) is 5.21 Å². The van der Waals surface area contributed by atoms with E-state index in [4.69, 9.17) is 15.6 Å². The molecule has 6 nitrogen and oxygen atoms in total. The Morgan fingerprint density at radius 3 is 1.77 bits per heavy atom. The first kappa shape index (κ1) is 26.3. The van der Waals surface area contributed by atoms with Gasteiger partial charge < -0.3 is 16.0 Å². The van der Waals surface area contributed by atoms with Crippen LogP contribution in [0.3, 0.4) is 0 Å². The Balaban J connectivity index is 0.000000924. The first-order valence-electron chi connectivity index (χ1n) is 9.78. The molecule has 0 bridgehead atoms. The fourth-order valence-electron chi connectivity index (χ4n) is 2.37. The number of carbonyl (C=O) groups is 2. The van der Waals surface area contributed by atoms with Crippen LogP contribution in [0.4, 0.5) is 5.69 Å². The molecule has 0 spiro atoms. The summed E-state index contributed by atoms with van der Waals surface area (Å²) < 4.78 is 0.687. The standard InChI is InChI=1S/C18H14N2O2.C2H4O2.2C2H6/c19-16-15(18(21)14-9-5-2-6-10-14)11-12-20(22)17(16)13-7-3-1-4-8-13;1-2(3)4;2*1-2/h1-12H,19H2;1H3,(H,3,4);2*1-2H3. The normalized spacial score (nSPS) is 8.83. The van der Waals surface area contributed by atoms with Crippen LogP contribution < -0.4 is 10.5 Å². The number of nitrogens with two attached hydrogens (primary N) is 1. The highest BCUT2D eigenvalue weighted by molar-refractivity contribution is 6.13. The largest absolute Gasteiger partial charge is 0.618 e. The molecule has 30 heavy (non-hydrogen) atoms. The van der Waals surface area contributed by atoms with E-state index in [1.165, 1.54) is 12.3 Å². The van der Waals surface area contributed by atoms with Gasteiger partial charge in [-0.1, -0.05) is 76.2 Å². The number of pyridine rings is 1. The van der Waals surface area contributed by atoms with Crippen molar-refractivity contribution in [2.75, 3.05) is 5.73 Å². The van der Waals surface area contributed by atoms with Gasteiger partial charge in [-0.15, -0.1) is 0 Å². The van der Waals surface area contributed by atoms with Gasteiger partial charge in [0.05, 0.1) is 5.56 Å². The SMILES string of the molecule is CC.CC.CC(=O)O.Nc1c(C(=O)c2ccccc2)cc[n+]([O-])c1-c1ccccc1. The Labute approximate surface area is 178 Å². The van der Waals surface area contributed by atoms with Crippen molar-refractivity contribution in [3.8, 4) is 11.3 Å². The second kappa shape index (κ2) is 14.3. The lowest BCUT2D eigenvalue weighted by Gasteiger charge is -2.11. The van der Waals surface area contributed by atoms with Crippen LogP contribution in [0.15, 0.2) is 72.9 Å². The zero-order valence-electron chi connectivity index (χ0n) is 18.1. The van der Waals surface area contributed by atoms with Crippen molar-refractivity contribution in [2.24, 2.45) is 0 Å². The molecule has 1 heterocycles. The quantitative estimate of drug-likeness (QED) is 0.361. The molecule has 0 aliphatic rings. The van der Waals surface area contributed by atoms with Gasteiger partial charge in [-0.3, -0.25) is 9.59 Å². The minimum absolute atomic E-state index is 0.192. The molecule has 6 heteroatoms. The van der Waals surface area contributed by atoms with Gasteiger partial charge in [0, 0.05) is 24.1 Å². The van der Waals surface area contributed by atoms with Gasteiger partial charge in [-0.25, -0.2) is 0 Å². The number of hydrogen-bond donors (Lipinski definition) is 2. The lowest BCUT2D eigenvalue weighted by molar-refractivity contribution is -0.593. The highest BCUT2D eigenvalue weighted by Crippen LogP contribution is 2.26. The molecule has 3 N–H and O–H groups in total. The Kier molecular flexibility index (Phi) is 12.6. The number of carboxylic acid groups (broad SMARTS) is 1. The van der Waals surface area contributed by atoms with Crippen molar-refractivity contribution in [3.63, 3.8) is 0 Å². The minimum atomic E-state index is -0.833. The number of carbonyl (C=O) groups excluding carboxylic acids is 1. The van der Waals surface area contributed by atoms with Crippen LogP contribution in [0.1, 0.15) is 50.5 Å². The van der Waals surface area contributed by atoms with E-state index in [-0.39, 0.29) is 11.5 Å². The monoisotopic (exact) mass is 410 g/mol. The van der Waals surface area contributed by atoms with E-state index in [2.05, 4.69) is 0 Å². The lowest BCUT2D eigenvalue weighted by Crippen LogP contribution is -2.31. The third kappa shape index (κ3) is 7.75. The van der Waals surface area contributed by atoms with Crippen molar-refractivity contribution in [1.29, 1.82) is 0 Å². The van der Waals surface area contributed by atoms with Crippen LogP contribution in [0.2, 0.25) is 0 Å². The van der Waals surface area contributed by atoms with E-state index < -0.39 is 5.97 Å². The summed E-state index contributed by atoms with van der Waals surface area (Å²) in [7, 11) is 0. The van der Waals surface area contributed by atoms with E-state index in [9.17, 15) is 10.0 Å². The molecule has 0 unspecified atom stereocenters. The number of hydrogen-bond acceptors (Lipinski definition) is 4. The maximum absolute atomic E-state index is 12.6. The smallest absolute Gasteiger partial charge is 0.300 e. The van der Waals surface area contributed by atoms with Crippen LogP contribution in [-0.2, 0) is 4.79 Å². The molecule has 0 aliphatic heterocycles. The number of nitrogens with zero attached hydrogens (tertiary/aromatic N) is 1. The first-order valence-corrected chi connectivity index (χ1v) is 9.78. The van der Waals surface area contributed by atoms with Crippen LogP contribution in [0.25, 0.3) is 11.3 Å². The second-order valence-corrected chi connectivity index (χ2v) is 5.40. The van der Waals surface area contributed by atoms with Gasteiger partial charge >= 0.3 is 0 Å². The van der Waals surface area contributed by atoms with Crippen LogP contribution in [0.5, 0.6) is 0 Å². The van der Waals surface area contributed by atoms with Gasteiger partial charge in [0.2, 0.25) is 5.69 Å². The van der Waals surface area contributed by atoms with Gasteiger partial charge in [0.15, 0.2) is 12.0 Å². The molecule has 0 saturated heterocycles. The maximum Gasteiger partial charge on any atom is 0.300 e. The molecule has 160 valence electrons. The highest BCUT2D eigenvalue weighted by Gasteiger charge is 2.21. The summed E-state index contributed by atoms with van der Waals surface area (Å²) in [6, 6.07) is 19.4. The number of nitrogen functional groups attached to an aromatic ring is 1. The molecular weight excluding hydrogens is 380 g/mol. The predicted molar refractivity (Wildman–Crippen MR) is 121 cm³/mol. The van der Waals surface area contributed by atoms with Crippen molar-refractivity contribution in [1.82, 2.24) is 0 Å². The molecule has 0 amide bonds. The number of aromatic nitrogens is 1. The third-order valence-electron chi connectivity index (χ3n) is 3.47. The molecule has 1 aromatic heterocycles. The number of carboxylic acids is 1. The number of rotatable bonds is 3. The molecule has 3 rings (SSSR count). The second-order valence-electron chi connectivity index (χ2n) is 5.40. The van der Waals surface area contributed by atoms with Crippen LogP contribution in [-0.4, -0.2) is 16.9 Å². The number of aliphatic carboxylic acids is 1. The van der Waals surface area contributed by atoms with Crippen molar-refractivity contribution in [3.05, 3.63) is 89.3 Å². The molecule has 2 aromatic carbocycles. The van der Waals surface area contributed by atoms with Gasteiger partial charge in [-0.05, 0) is 12.1 Å². The predicted octanol–water partition coefficient (Wildman–Crippen LogP) is 4.94. The minimum Gasteiger partial charge on any atom is -0.618 e. The van der Waals surface area contributed by atoms with E-state index in [0.717, 1.165) is 6.92 Å². The summed E-state index contributed by atoms with van der Waals surface area (Å²) in [5, 5.41) is 19.5. The Morgan fingerprint density at radius 2 is 1.30 bits per heavy atom. The van der Waals surface area contributed by atoms with E-state index in [1.54, 1.807) is 36.4 Å². The summed E-state index contributed by atoms with van der Waals surface area (Å²) in [6.45, 7) is 9.08. The van der Waals surface area contributed by atoms with Gasteiger partial charge in [0.25, 0.3) is 5.97 Å². The number of anilines is 1. The zero-order valence-corrected chi connectivity index (χ0v) is 18.1. The summed E-state index contributed by atoms with van der Waals surface area (Å²) >= 11 is 0. The van der Waals surface area contributed by atoms with Gasteiger partial charge in [0.1, 0.15) is 5.69 Å². The number of benzene rings is 2. The van der Waals surface area contributed by atoms with Crippen molar-refractivity contribution >= 4 is 17.4 Å². The number of ketones is 1. The molecule has 0 radical (unpaired) electrons. The fourth-order valence-corrected chi connectivity index (χ4v) is 2.37. The van der Waals surface area contributed by atoms with E-state index in [1.807, 2.05) is 52.0 Å². The van der Waals surface area contributed by atoms with Crippen LogP contribution >= 0.6 is 0 Å². The maximum atomic E-state index is 12.6. The highest BCUT2D eigenvalue weighted by atomic mass is 16.5. The Hall–Kier alpha value is -3.67. The Morgan fingerprint density at radius 1 is 0.867 bits per heavy atom. The zero-order chi connectivity index (χ0) is 23.1. The first-order chi connectivity index (χ1) is 14.4. The fraction of sp³-hybridized carbons (Fsp3) is 0.208. The van der Waals surface area contributed by atoms with Gasteiger partial charge in [-0.2, -0.15) is 4.73 Å². The van der Waals surface area contributed by atoms with Crippen molar-refractivity contribution < 1.29 is 19.4 Å². The topological polar surface area (TPSA) is 107 Å². The average Bonchev–Trinajstić information content (AvgIpc) is 2.77. The molecule has 0 aliphatic carbocycles. The summed E-state index contributed by atoms with van der Waals surface area (Å²) in [4.78, 5) is 21.6. The molecule has 0 atom stereocenters. The third-order valence-corrected chi connectivity index (χ3v) is 3.47. The van der Waals surface area contributed by atoms with Crippen molar-refractivity contribution in [2.45, 2.75) is 34.6 Å². The average molecular weight is 411 g/mol. The molecule has 0 saturated carbocycles. The van der Waals surface area contributed by atoms with E-state index in [0.29, 0.717) is 27.1 Å². The van der Waals surface area contributed by atoms with E-state index >= 15 is 0 Å². The summed E-state index contributed by atoms with van der Waals surface area (Å²) in [5.74, 6) is -1.03. The summed E-state index contributed by atoms with van der Waals surface area (Å²) in [6.07, 6.45) is 1.31. The summed E-state index contributed by atoms with van der Waals surface area (Å²) in [5.41, 5.74) is 8.15. The molecule has 0 fully saturated rings. The lowest BCUT2D eigenvalue weighted by atomic mass is 9.99. The molecular formula is C24H30N2O4. The molecule has 3 aromatic rings. The Bertz CT molecular complexity index is 907.